The Kier molecular flexibility index (Phi) is 4.20. The summed E-state index contributed by atoms with van der Waals surface area (Å²) in [4.78, 5) is 14.2. The fourth-order valence-electron chi connectivity index (χ4n) is 1.80. The second-order valence-corrected chi connectivity index (χ2v) is 4.08. The average Bonchev–Trinajstić information content (AvgIpc) is 2.93. The molecular weight excluding hydrogens is 244 g/mol. The molecule has 0 unspecified atom stereocenters. The minimum Gasteiger partial charge on any atom is -0.464 e. The van der Waals surface area contributed by atoms with Crippen molar-refractivity contribution >= 4 is 11.7 Å². The summed E-state index contributed by atoms with van der Waals surface area (Å²) in [6, 6.07) is 9.28. The molecular formula is C14H16N2O3. The lowest BCUT2D eigenvalue weighted by atomic mass is 10.2. The van der Waals surface area contributed by atoms with Crippen molar-refractivity contribution in [3.8, 4) is 0 Å². The van der Waals surface area contributed by atoms with Gasteiger partial charge in [-0.1, -0.05) is 18.2 Å². The molecule has 0 spiro atoms. The summed E-state index contributed by atoms with van der Waals surface area (Å²) in [7, 11) is 1.35. The number of H-pyrrole nitrogens is 1. The van der Waals surface area contributed by atoms with Crippen LogP contribution in [-0.2, 0) is 17.9 Å². The highest BCUT2D eigenvalue weighted by Crippen LogP contribution is 2.16. The van der Waals surface area contributed by atoms with Crippen LogP contribution < -0.4 is 5.32 Å². The van der Waals surface area contributed by atoms with E-state index in [2.05, 4.69) is 15.0 Å². The van der Waals surface area contributed by atoms with E-state index in [-0.39, 0.29) is 12.6 Å². The average molecular weight is 260 g/mol. The predicted molar refractivity (Wildman–Crippen MR) is 71.8 cm³/mol. The van der Waals surface area contributed by atoms with Crippen molar-refractivity contribution in [3.63, 3.8) is 0 Å². The maximum atomic E-state index is 11.3. The Balaban J connectivity index is 2.02. The molecule has 0 fully saturated rings. The van der Waals surface area contributed by atoms with E-state index in [1.807, 2.05) is 24.3 Å². The van der Waals surface area contributed by atoms with E-state index in [0.29, 0.717) is 12.2 Å². The van der Waals surface area contributed by atoms with Crippen LogP contribution in [0.3, 0.4) is 0 Å². The van der Waals surface area contributed by atoms with Crippen molar-refractivity contribution in [1.82, 2.24) is 4.98 Å². The third kappa shape index (κ3) is 3.14. The first kappa shape index (κ1) is 13.2. The van der Waals surface area contributed by atoms with Gasteiger partial charge in [0.2, 0.25) is 0 Å². The van der Waals surface area contributed by atoms with Crippen molar-refractivity contribution in [2.75, 3.05) is 12.4 Å². The van der Waals surface area contributed by atoms with Crippen LogP contribution in [0.25, 0.3) is 0 Å². The third-order valence-corrected chi connectivity index (χ3v) is 2.82. The minimum atomic E-state index is -0.387. The quantitative estimate of drug-likeness (QED) is 0.718. The lowest BCUT2D eigenvalue weighted by Crippen LogP contribution is -2.02. The molecule has 0 saturated carbocycles. The number of hydrogen-bond donors (Lipinski definition) is 3. The number of aromatic nitrogens is 1. The summed E-state index contributed by atoms with van der Waals surface area (Å²) < 4.78 is 4.63. The molecule has 2 aromatic rings. The van der Waals surface area contributed by atoms with E-state index in [4.69, 9.17) is 0 Å². The van der Waals surface area contributed by atoms with Gasteiger partial charge in [0.1, 0.15) is 5.69 Å². The summed E-state index contributed by atoms with van der Waals surface area (Å²) >= 11 is 0. The Bertz CT molecular complexity index is 563. The Morgan fingerprint density at radius 2 is 2.21 bits per heavy atom. The Morgan fingerprint density at radius 1 is 1.42 bits per heavy atom. The van der Waals surface area contributed by atoms with Crippen molar-refractivity contribution in [2.45, 2.75) is 13.2 Å². The molecule has 0 amide bonds. The van der Waals surface area contributed by atoms with E-state index >= 15 is 0 Å². The lowest BCUT2D eigenvalue weighted by Gasteiger charge is -2.09. The molecule has 5 nitrogen and oxygen atoms in total. The molecule has 5 heteroatoms. The molecule has 19 heavy (non-hydrogen) atoms. The Hall–Kier alpha value is -2.27. The van der Waals surface area contributed by atoms with Gasteiger partial charge in [-0.05, 0) is 17.7 Å². The zero-order valence-electron chi connectivity index (χ0n) is 10.6. The zero-order valence-corrected chi connectivity index (χ0v) is 10.6. The number of ether oxygens (including phenoxy) is 1. The van der Waals surface area contributed by atoms with E-state index < -0.39 is 0 Å². The Labute approximate surface area is 111 Å². The van der Waals surface area contributed by atoms with Gasteiger partial charge >= 0.3 is 5.97 Å². The van der Waals surface area contributed by atoms with E-state index in [9.17, 15) is 9.90 Å². The highest BCUT2D eigenvalue weighted by Gasteiger charge is 2.08. The van der Waals surface area contributed by atoms with Gasteiger partial charge in [-0.3, -0.25) is 0 Å². The molecule has 1 aromatic carbocycles. The number of para-hydroxylation sites is 1. The maximum absolute atomic E-state index is 11.3. The number of hydrogen-bond acceptors (Lipinski definition) is 4. The second-order valence-electron chi connectivity index (χ2n) is 4.08. The van der Waals surface area contributed by atoms with Crippen molar-refractivity contribution in [3.05, 3.63) is 53.3 Å². The highest BCUT2D eigenvalue weighted by molar-refractivity contribution is 5.87. The first-order valence-electron chi connectivity index (χ1n) is 5.93. The fraction of sp³-hybridized carbons (Fsp3) is 0.214. The number of nitrogens with one attached hydrogen (secondary N) is 2. The number of rotatable bonds is 5. The number of aromatic amines is 1. The van der Waals surface area contributed by atoms with Gasteiger partial charge in [-0.2, -0.15) is 0 Å². The fourth-order valence-corrected chi connectivity index (χ4v) is 1.80. The van der Waals surface area contributed by atoms with Crippen LogP contribution in [0.4, 0.5) is 5.69 Å². The SMILES string of the molecule is COC(=O)c1cc(CNc2ccccc2CO)c[nH]1. The normalized spacial score (nSPS) is 10.2. The summed E-state index contributed by atoms with van der Waals surface area (Å²) in [5.74, 6) is -0.387. The summed E-state index contributed by atoms with van der Waals surface area (Å²) in [6.45, 7) is 0.550. The Morgan fingerprint density at radius 3 is 2.95 bits per heavy atom. The van der Waals surface area contributed by atoms with Gasteiger partial charge in [0.15, 0.2) is 0 Å². The van der Waals surface area contributed by atoms with Gasteiger partial charge in [-0.15, -0.1) is 0 Å². The molecule has 0 bridgehead atoms. The number of aliphatic hydroxyl groups is 1. The van der Waals surface area contributed by atoms with E-state index in [0.717, 1.165) is 16.8 Å². The van der Waals surface area contributed by atoms with Crippen molar-refractivity contribution in [1.29, 1.82) is 0 Å². The van der Waals surface area contributed by atoms with Crippen LogP contribution in [-0.4, -0.2) is 23.2 Å². The largest absolute Gasteiger partial charge is 0.464 e. The molecule has 0 radical (unpaired) electrons. The second kappa shape index (κ2) is 6.06. The van der Waals surface area contributed by atoms with Crippen LogP contribution in [0.15, 0.2) is 36.5 Å². The topological polar surface area (TPSA) is 74.3 Å². The summed E-state index contributed by atoms with van der Waals surface area (Å²) in [5, 5.41) is 12.4. The molecule has 100 valence electrons. The number of carbonyl (C=O) groups excluding carboxylic acids is 1. The van der Waals surface area contributed by atoms with Crippen LogP contribution in [0.5, 0.6) is 0 Å². The molecule has 2 rings (SSSR count). The smallest absolute Gasteiger partial charge is 0.354 e. The number of aliphatic hydroxyl groups excluding tert-OH is 1. The first-order valence-corrected chi connectivity index (χ1v) is 5.93. The van der Waals surface area contributed by atoms with Crippen molar-refractivity contribution in [2.24, 2.45) is 0 Å². The van der Waals surface area contributed by atoms with Crippen LogP contribution in [0.2, 0.25) is 0 Å². The monoisotopic (exact) mass is 260 g/mol. The molecule has 0 atom stereocenters. The summed E-state index contributed by atoms with van der Waals surface area (Å²) in [6.07, 6.45) is 1.75. The number of methoxy groups -OCH3 is 1. The molecule has 3 N–H and O–H groups in total. The molecule has 0 aliphatic rings. The number of esters is 1. The standard InChI is InChI=1S/C14H16N2O3/c1-19-14(18)13-6-10(8-16-13)7-15-12-5-3-2-4-11(12)9-17/h2-6,8,15-17H,7,9H2,1H3. The third-order valence-electron chi connectivity index (χ3n) is 2.82. The molecule has 0 saturated heterocycles. The maximum Gasteiger partial charge on any atom is 0.354 e. The van der Waals surface area contributed by atoms with Gasteiger partial charge in [0.05, 0.1) is 13.7 Å². The van der Waals surface area contributed by atoms with Crippen LogP contribution in [0.1, 0.15) is 21.6 Å². The minimum absolute atomic E-state index is 0.0102. The van der Waals surface area contributed by atoms with Gasteiger partial charge in [-0.25, -0.2) is 4.79 Å². The highest BCUT2D eigenvalue weighted by atomic mass is 16.5. The van der Waals surface area contributed by atoms with E-state index in [1.165, 1.54) is 7.11 Å². The van der Waals surface area contributed by atoms with Gasteiger partial charge < -0.3 is 20.1 Å². The predicted octanol–water partition coefficient (Wildman–Crippen LogP) is 1.91. The van der Waals surface area contributed by atoms with Gasteiger partial charge in [0.25, 0.3) is 0 Å². The number of carbonyl (C=O) groups is 1. The molecule has 0 aliphatic carbocycles. The first-order chi connectivity index (χ1) is 9.24. The number of benzene rings is 1. The van der Waals surface area contributed by atoms with Crippen molar-refractivity contribution < 1.29 is 14.6 Å². The molecule has 1 heterocycles. The summed E-state index contributed by atoms with van der Waals surface area (Å²) in [5.41, 5.74) is 3.08. The number of anilines is 1. The lowest BCUT2D eigenvalue weighted by molar-refractivity contribution is 0.0595. The van der Waals surface area contributed by atoms with Crippen LogP contribution >= 0.6 is 0 Å². The molecule has 1 aromatic heterocycles. The molecule has 0 aliphatic heterocycles. The zero-order chi connectivity index (χ0) is 13.7. The van der Waals surface area contributed by atoms with Gasteiger partial charge in [0, 0.05) is 24.0 Å². The van der Waals surface area contributed by atoms with Crippen LogP contribution in [0, 0.1) is 0 Å². The van der Waals surface area contributed by atoms with E-state index in [1.54, 1.807) is 12.3 Å².